The van der Waals surface area contributed by atoms with Crippen LogP contribution in [0.4, 0.5) is 0 Å². The summed E-state index contributed by atoms with van der Waals surface area (Å²) in [7, 11) is -3.66. The van der Waals surface area contributed by atoms with Crippen LogP contribution in [0, 0.1) is 19.3 Å². The van der Waals surface area contributed by atoms with E-state index in [1.807, 2.05) is 6.92 Å². The molecule has 0 saturated heterocycles. The minimum Gasteiger partial charge on any atom is -0.462 e. The molecule has 1 rings (SSSR count). The summed E-state index contributed by atoms with van der Waals surface area (Å²) in [4.78, 5) is 0.0650. The van der Waals surface area contributed by atoms with Gasteiger partial charge >= 0.3 is 0 Å². The van der Waals surface area contributed by atoms with Gasteiger partial charge in [-0.05, 0) is 13.3 Å². The summed E-state index contributed by atoms with van der Waals surface area (Å²) >= 11 is 0. The van der Waals surface area contributed by atoms with Gasteiger partial charge < -0.3 is 9.52 Å². The predicted molar refractivity (Wildman–Crippen MR) is 67.3 cm³/mol. The van der Waals surface area contributed by atoms with E-state index >= 15 is 0 Å². The SMILES string of the molecule is C#CCN(CCC)S(=O)(=O)c1cc(CO)oc1C. The molecule has 0 unspecified atom stereocenters. The number of aryl methyl sites for hydroxylation is 1. The van der Waals surface area contributed by atoms with Crippen LogP contribution in [0.25, 0.3) is 0 Å². The number of nitrogens with zero attached hydrogens (tertiary/aromatic N) is 1. The molecule has 0 fully saturated rings. The zero-order chi connectivity index (χ0) is 13.8. The molecular formula is C12H17NO4S. The van der Waals surface area contributed by atoms with Gasteiger partial charge in [0.1, 0.15) is 23.0 Å². The second-order valence-electron chi connectivity index (χ2n) is 3.83. The Bertz CT molecular complexity index is 539. The first-order valence-corrected chi connectivity index (χ1v) is 7.05. The molecule has 1 N–H and O–H groups in total. The highest BCUT2D eigenvalue weighted by Crippen LogP contribution is 2.23. The number of rotatable bonds is 6. The average molecular weight is 271 g/mol. The van der Waals surface area contributed by atoms with Gasteiger partial charge in [-0.3, -0.25) is 0 Å². The van der Waals surface area contributed by atoms with E-state index in [0.29, 0.717) is 13.0 Å². The van der Waals surface area contributed by atoms with Crippen LogP contribution in [0.2, 0.25) is 0 Å². The van der Waals surface area contributed by atoms with E-state index < -0.39 is 10.0 Å². The molecule has 1 heterocycles. The minimum absolute atomic E-state index is 0.0231. The molecule has 0 aliphatic carbocycles. The Morgan fingerprint density at radius 3 is 2.67 bits per heavy atom. The first-order valence-electron chi connectivity index (χ1n) is 5.61. The molecule has 18 heavy (non-hydrogen) atoms. The van der Waals surface area contributed by atoms with Crippen molar-refractivity contribution in [2.24, 2.45) is 0 Å². The lowest BCUT2D eigenvalue weighted by Crippen LogP contribution is -2.32. The number of furan rings is 1. The van der Waals surface area contributed by atoms with Gasteiger partial charge in [-0.15, -0.1) is 6.42 Å². The lowest BCUT2D eigenvalue weighted by molar-refractivity contribution is 0.244. The number of hydrogen-bond acceptors (Lipinski definition) is 4. The van der Waals surface area contributed by atoms with E-state index in [2.05, 4.69) is 5.92 Å². The van der Waals surface area contributed by atoms with Gasteiger partial charge in [-0.2, -0.15) is 4.31 Å². The maximum Gasteiger partial charge on any atom is 0.247 e. The van der Waals surface area contributed by atoms with Gasteiger partial charge in [-0.25, -0.2) is 8.42 Å². The van der Waals surface area contributed by atoms with E-state index in [0.717, 1.165) is 0 Å². The molecule has 0 radical (unpaired) electrons. The lowest BCUT2D eigenvalue weighted by atomic mass is 10.4. The fourth-order valence-electron chi connectivity index (χ4n) is 1.63. The molecule has 5 nitrogen and oxygen atoms in total. The molecule has 6 heteroatoms. The summed E-state index contributed by atoms with van der Waals surface area (Å²) in [6.45, 7) is 3.46. The number of aliphatic hydroxyl groups excluding tert-OH is 1. The molecule has 100 valence electrons. The third kappa shape index (κ3) is 2.93. The van der Waals surface area contributed by atoms with Crippen molar-refractivity contribution in [2.45, 2.75) is 31.8 Å². The van der Waals surface area contributed by atoms with Crippen LogP contribution in [-0.4, -0.2) is 30.9 Å². The van der Waals surface area contributed by atoms with Crippen LogP contribution >= 0.6 is 0 Å². The summed E-state index contributed by atoms with van der Waals surface area (Å²) in [5, 5.41) is 8.95. The smallest absolute Gasteiger partial charge is 0.247 e. The van der Waals surface area contributed by atoms with Crippen molar-refractivity contribution in [1.82, 2.24) is 4.31 Å². The molecule has 1 aromatic heterocycles. The number of terminal acetylenes is 1. The highest BCUT2D eigenvalue weighted by atomic mass is 32.2. The Kier molecular flexibility index (Phi) is 4.96. The summed E-state index contributed by atoms with van der Waals surface area (Å²) in [6.07, 6.45) is 5.86. The second-order valence-corrected chi connectivity index (χ2v) is 5.74. The summed E-state index contributed by atoms with van der Waals surface area (Å²) in [6, 6.07) is 1.34. The number of hydrogen-bond donors (Lipinski definition) is 1. The Morgan fingerprint density at radius 2 is 2.22 bits per heavy atom. The van der Waals surface area contributed by atoms with Crippen molar-refractivity contribution in [3.8, 4) is 12.3 Å². The highest BCUT2D eigenvalue weighted by Gasteiger charge is 2.27. The fourth-order valence-corrected chi connectivity index (χ4v) is 3.26. The molecule has 0 spiro atoms. The average Bonchev–Trinajstić information content (AvgIpc) is 2.71. The normalized spacial score (nSPS) is 11.7. The molecule has 0 aliphatic rings. The summed E-state index contributed by atoms with van der Waals surface area (Å²) in [5.74, 6) is 2.82. The molecule has 0 atom stereocenters. The maximum absolute atomic E-state index is 12.4. The van der Waals surface area contributed by atoms with Crippen molar-refractivity contribution in [3.63, 3.8) is 0 Å². The van der Waals surface area contributed by atoms with Crippen LogP contribution in [0.3, 0.4) is 0 Å². The Morgan fingerprint density at radius 1 is 1.56 bits per heavy atom. The Labute approximate surface area is 107 Å². The molecule has 0 amide bonds. The van der Waals surface area contributed by atoms with Crippen molar-refractivity contribution in [2.75, 3.05) is 13.1 Å². The van der Waals surface area contributed by atoms with Gasteiger partial charge in [0.15, 0.2) is 0 Å². The minimum atomic E-state index is -3.66. The van der Waals surface area contributed by atoms with Crippen molar-refractivity contribution in [1.29, 1.82) is 0 Å². The summed E-state index contributed by atoms with van der Waals surface area (Å²) < 4.78 is 31.1. The van der Waals surface area contributed by atoms with Crippen LogP contribution in [0.1, 0.15) is 24.9 Å². The highest BCUT2D eigenvalue weighted by molar-refractivity contribution is 7.89. The predicted octanol–water partition coefficient (Wildman–Crippen LogP) is 1.11. The monoisotopic (exact) mass is 271 g/mol. The maximum atomic E-state index is 12.4. The fraction of sp³-hybridized carbons (Fsp3) is 0.500. The quantitative estimate of drug-likeness (QED) is 0.787. The molecule has 0 aromatic carbocycles. The first-order chi connectivity index (χ1) is 8.47. The third-order valence-electron chi connectivity index (χ3n) is 2.44. The van der Waals surface area contributed by atoms with Gasteiger partial charge in [0, 0.05) is 12.6 Å². The summed E-state index contributed by atoms with van der Waals surface area (Å²) in [5.41, 5.74) is 0. The second kappa shape index (κ2) is 6.05. The third-order valence-corrected chi connectivity index (χ3v) is 4.39. The molecule has 1 aromatic rings. The first kappa shape index (κ1) is 14.8. The van der Waals surface area contributed by atoms with E-state index in [9.17, 15) is 8.42 Å². The van der Waals surface area contributed by atoms with Gasteiger partial charge in [0.25, 0.3) is 0 Å². The van der Waals surface area contributed by atoms with E-state index in [-0.39, 0.29) is 29.6 Å². The molecular weight excluding hydrogens is 254 g/mol. The van der Waals surface area contributed by atoms with Crippen molar-refractivity contribution in [3.05, 3.63) is 17.6 Å². The van der Waals surface area contributed by atoms with Gasteiger partial charge in [0.2, 0.25) is 10.0 Å². The lowest BCUT2D eigenvalue weighted by Gasteiger charge is -2.18. The van der Waals surface area contributed by atoms with E-state index in [1.54, 1.807) is 6.92 Å². The van der Waals surface area contributed by atoms with E-state index in [1.165, 1.54) is 10.4 Å². The van der Waals surface area contributed by atoms with Crippen LogP contribution in [-0.2, 0) is 16.6 Å². The van der Waals surface area contributed by atoms with Crippen molar-refractivity contribution < 1.29 is 17.9 Å². The zero-order valence-corrected chi connectivity index (χ0v) is 11.3. The van der Waals surface area contributed by atoms with E-state index in [4.69, 9.17) is 15.9 Å². The van der Waals surface area contributed by atoms with Crippen LogP contribution in [0.5, 0.6) is 0 Å². The zero-order valence-electron chi connectivity index (χ0n) is 10.5. The molecule has 0 aliphatic heterocycles. The van der Waals surface area contributed by atoms with Crippen LogP contribution < -0.4 is 0 Å². The topological polar surface area (TPSA) is 70.8 Å². The Hall–Kier alpha value is -1.29. The van der Waals surface area contributed by atoms with Crippen molar-refractivity contribution >= 4 is 10.0 Å². The molecule has 0 bridgehead atoms. The molecule has 0 saturated carbocycles. The standard InChI is InChI=1S/C12H17NO4S/c1-4-6-13(7-5-2)18(15,16)12-8-11(9-14)17-10(12)3/h1,8,14H,5-7,9H2,2-3H3. The van der Waals surface area contributed by atoms with Gasteiger partial charge in [-0.1, -0.05) is 12.8 Å². The van der Waals surface area contributed by atoms with Crippen LogP contribution in [0.15, 0.2) is 15.4 Å². The van der Waals surface area contributed by atoms with Gasteiger partial charge in [0.05, 0.1) is 6.54 Å². The Balaban J connectivity index is 3.17. The largest absolute Gasteiger partial charge is 0.462 e. The number of sulfonamides is 1. The number of aliphatic hydroxyl groups is 1.